The Morgan fingerprint density at radius 1 is 1.45 bits per heavy atom. The monoisotopic (exact) mass is 149 g/mol. The van der Waals surface area contributed by atoms with Crippen molar-refractivity contribution in [1.29, 1.82) is 0 Å². The number of carbonyl (C=O) groups is 1. The summed E-state index contributed by atoms with van der Waals surface area (Å²) in [6.45, 7) is 1.92. The van der Waals surface area contributed by atoms with Gasteiger partial charge in [0, 0.05) is 0 Å². The molecule has 0 spiro atoms. The lowest BCUT2D eigenvalue weighted by molar-refractivity contribution is 0.111. The fourth-order valence-electron chi connectivity index (χ4n) is 1.03. The highest BCUT2D eigenvalue weighted by atomic mass is 16.3. The Balaban J connectivity index is 3.24. The van der Waals surface area contributed by atoms with Crippen LogP contribution in [-0.4, -0.2) is 6.29 Å². The van der Waals surface area contributed by atoms with Crippen molar-refractivity contribution in [2.24, 2.45) is 0 Å². The van der Waals surface area contributed by atoms with Crippen molar-refractivity contribution < 1.29 is 9.90 Å². The molecule has 0 unspecified atom stereocenters. The van der Waals surface area contributed by atoms with E-state index in [4.69, 9.17) is 0 Å². The van der Waals surface area contributed by atoms with Crippen LogP contribution in [0.4, 0.5) is 0 Å². The minimum absolute atomic E-state index is 0.181. The molecule has 0 aliphatic heterocycles. The van der Waals surface area contributed by atoms with Crippen LogP contribution in [0.3, 0.4) is 0 Å². The number of rotatable bonds is 2. The van der Waals surface area contributed by atoms with Crippen LogP contribution in [0.2, 0.25) is 0 Å². The fourth-order valence-corrected chi connectivity index (χ4v) is 1.03. The molecule has 0 aliphatic rings. The summed E-state index contributed by atoms with van der Waals surface area (Å²) >= 11 is 0. The molecule has 0 atom stereocenters. The summed E-state index contributed by atoms with van der Waals surface area (Å²) in [7, 11) is 0. The molecule has 0 N–H and O–H groups in total. The maximum absolute atomic E-state index is 11.0. The molecule has 1 radical (unpaired) electrons. The van der Waals surface area contributed by atoms with E-state index in [1.807, 2.05) is 6.92 Å². The van der Waals surface area contributed by atoms with Gasteiger partial charge < -0.3 is 0 Å². The molecule has 0 amide bonds. The summed E-state index contributed by atoms with van der Waals surface area (Å²) in [5, 5.41) is 11.0. The zero-order valence-corrected chi connectivity index (χ0v) is 6.33. The van der Waals surface area contributed by atoms with Crippen molar-refractivity contribution in [2.75, 3.05) is 0 Å². The van der Waals surface area contributed by atoms with Crippen molar-refractivity contribution >= 4 is 6.29 Å². The van der Waals surface area contributed by atoms with E-state index >= 15 is 0 Å². The maximum Gasteiger partial charge on any atom is 0.189 e. The predicted octanol–water partition coefficient (Wildman–Crippen LogP) is 2.21. The van der Waals surface area contributed by atoms with Gasteiger partial charge in [-0.1, -0.05) is 19.1 Å². The minimum Gasteiger partial charge on any atom is -0.298 e. The number of aldehydes is 1. The van der Waals surface area contributed by atoms with Crippen molar-refractivity contribution in [3.05, 3.63) is 29.3 Å². The Labute approximate surface area is 65.5 Å². The molecule has 0 saturated carbocycles. The molecule has 0 bridgehead atoms. The molecule has 0 aliphatic carbocycles. The average Bonchev–Trinajstić information content (AvgIpc) is 2.04. The zero-order chi connectivity index (χ0) is 8.27. The minimum atomic E-state index is -0.181. The summed E-state index contributed by atoms with van der Waals surface area (Å²) in [5.74, 6) is -0.181. The van der Waals surface area contributed by atoms with Gasteiger partial charge in [0.25, 0.3) is 0 Å². The van der Waals surface area contributed by atoms with E-state index < -0.39 is 0 Å². The van der Waals surface area contributed by atoms with E-state index in [0.29, 0.717) is 11.8 Å². The van der Waals surface area contributed by atoms with Gasteiger partial charge in [-0.3, -0.25) is 9.90 Å². The number of hydrogen-bond acceptors (Lipinski definition) is 1. The normalized spacial score (nSPS) is 9.55. The van der Waals surface area contributed by atoms with Crippen LogP contribution < -0.4 is 0 Å². The summed E-state index contributed by atoms with van der Waals surface area (Å²) in [5.41, 5.74) is 1.13. The Morgan fingerprint density at radius 3 is 2.64 bits per heavy atom. The molecule has 1 aromatic rings. The molecular weight excluding hydrogens is 140 g/mol. The van der Waals surface area contributed by atoms with E-state index in [1.54, 1.807) is 12.1 Å². The van der Waals surface area contributed by atoms with Gasteiger partial charge >= 0.3 is 0 Å². The third-order valence-electron chi connectivity index (χ3n) is 1.66. The van der Waals surface area contributed by atoms with Gasteiger partial charge in [-0.2, -0.15) is 0 Å². The Bertz CT molecular complexity index is 266. The first kappa shape index (κ1) is 7.79. The van der Waals surface area contributed by atoms with Crippen LogP contribution in [0.25, 0.3) is 0 Å². The van der Waals surface area contributed by atoms with Gasteiger partial charge in [0.1, 0.15) is 0 Å². The second-order valence-electron chi connectivity index (χ2n) is 2.30. The molecule has 0 heterocycles. The SMILES string of the molecule is CCc1cccc([O])c1C=O. The van der Waals surface area contributed by atoms with Gasteiger partial charge in [0.05, 0.1) is 5.56 Å². The number of hydrogen-bond donors (Lipinski definition) is 0. The van der Waals surface area contributed by atoms with E-state index in [-0.39, 0.29) is 5.75 Å². The molecule has 1 rings (SSSR count). The van der Waals surface area contributed by atoms with Crippen LogP contribution in [0.1, 0.15) is 22.8 Å². The second kappa shape index (κ2) is 3.19. The smallest absolute Gasteiger partial charge is 0.189 e. The van der Waals surface area contributed by atoms with Crippen molar-refractivity contribution in [3.63, 3.8) is 0 Å². The Hall–Kier alpha value is -1.31. The zero-order valence-electron chi connectivity index (χ0n) is 6.33. The first-order valence-corrected chi connectivity index (χ1v) is 3.53. The number of benzene rings is 1. The van der Waals surface area contributed by atoms with Gasteiger partial charge in [-0.15, -0.1) is 0 Å². The van der Waals surface area contributed by atoms with Crippen LogP contribution in [0.15, 0.2) is 18.2 Å². The third kappa shape index (κ3) is 1.40. The lowest BCUT2D eigenvalue weighted by Crippen LogP contribution is -1.89. The van der Waals surface area contributed by atoms with E-state index in [2.05, 4.69) is 0 Å². The maximum atomic E-state index is 11.0. The highest BCUT2D eigenvalue weighted by molar-refractivity contribution is 5.81. The van der Waals surface area contributed by atoms with E-state index in [1.165, 1.54) is 6.07 Å². The largest absolute Gasteiger partial charge is 0.298 e. The molecular formula is C9H9O2. The molecule has 2 heteroatoms. The van der Waals surface area contributed by atoms with Crippen LogP contribution in [0.5, 0.6) is 5.75 Å². The lowest BCUT2D eigenvalue weighted by Gasteiger charge is -1.99. The second-order valence-corrected chi connectivity index (χ2v) is 2.30. The molecule has 0 saturated heterocycles. The topological polar surface area (TPSA) is 37.0 Å². The van der Waals surface area contributed by atoms with Crippen molar-refractivity contribution in [1.82, 2.24) is 0 Å². The third-order valence-corrected chi connectivity index (χ3v) is 1.66. The van der Waals surface area contributed by atoms with Gasteiger partial charge in [0.2, 0.25) is 0 Å². The van der Waals surface area contributed by atoms with E-state index in [9.17, 15) is 9.90 Å². The predicted molar refractivity (Wildman–Crippen MR) is 41.3 cm³/mol. The summed E-state index contributed by atoms with van der Waals surface area (Å²) in [4.78, 5) is 10.4. The molecule has 57 valence electrons. The highest BCUT2D eigenvalue weighted by Gasteiger charge is 2.04. The quantitative estimate of drug-likeness (QED) is 0.594. The van der Waals surface area contributed by atoms with Gasteiger partial charge in [-0.25, -0.2) is 0 Å². The average molecular weight is 149 g/mol. The summed E-state index contributed by atoms with van der Waals surface area (Å²) in [6.07, 6.45) is 1.35. The molecule has 0 aromatic heterocycles. The molecule has 2 nitrogen and oxygen atoms in total. The highest BCUT2D eigenvalue weighted by Crippen LogP contribution is 2.19. The molecule has 1 aromatic carbocycles. The standard InChI is InChI=1S/C9H9O2/c1-2-7-4-3-5-9(11)8(7)6-10/h3-6H,2H2,1H3. The first-order valence-electron chi connectivity index (χ1n) is 3.53. The Kier molecular flexibility index (Phi) is 2.26. The van der Waals surface area contributed by atoms with Crippen LogP contribution in [-0.2, 0) is 11.5 Å². The van der Waals surface area contributed by atoms with Crippen LogP contribution >= 0.6 is 0 Å². The number of aryl methyl sites for hydroxylation is 1. The van der Waals surface area contributed by atoms with Crippen LogP contribution in [0, 0.1) is 0 Å². The number of carbonyl (C=O) groups excluding carboxylic acids is 1. The van der Waals surface area contributed by atoms with Gasteiger partial charge in [0.15, 0.2) is 12.0 Å². The summed E-state index contributed by atoms with van der Waals surface area (Å²) < 4.78 is 0. The first-order chi connectivity index (χ1) is 5.29. The lowest BCUT2D eigenvalue weighted by atomic mass is 10.1. The molecule has 11 heavy (non-hydrogen) atoms. The van der Waals surface area contributed by atoms with Crippen molar-refractivity contribution in [2.45, 2.75) is 13.3 Å². The fraction of sp³-hybridized carbons (Fsp3) is 0.222. The van der Waals surface area contributed by atoms with Crippen molar-refractivity contribution in [3.8, 4) is 5.75 Å². The van der Waals surface area contributed by atoms with E-state index in [0.717, 1.165) is 12.0 Å². The molecule has 0 fully saturated rings. The summed E-state index contributed by atoms with van der Waals surface area (Å²) in [6, 6.07) is 4.88. The van der Waals surface area contributed by atoms with Gasteiger partial charge in [-0.05, 0) is 18.1 Å². The Morgan fingerprint density at radius 2 is 2.18 bits per heavy atom.